The molecule has 2 atom stereocenters. The van der Waals surface area contributed by atoms with Crippen molar-refractivity contribution in [1.29, 1.82) is 0 Å². The Morgan fingerprint density at radius 2 is 2.17 bits per heavy atom. The lowest BCUT2D eigenvalue weighted by Crippen LogP contribution is -2.58. The maximum absolute atomic E-state index is 12.2. The summed E-state index contributed by atoms with van der Waals surface area (Å²) in [5.41, 5.74) is 0. The maximum Gasteiger partial charge on any atom is 0.233 e. The normalized spacial score (nSPS) is 21.4. The van der Waals surface area contributed by atoms with Crippen molar-refractivity contribution in [2.45, 2.75) is 39.2 Å². The quantitative estimate of drug-likeness (QED) is 0.550. The summed E-state index contributed by atoms with van der Waals surface area (Å²) in [6, 6.07) is -0.403. The van der Waals surface area contributed by atoms with E-state index in [1.807, 2.05) is 13.8 Å². The van der Waals surface area contributed by atoms with Gasteiger partial charge in [-0.2, -0.15) is 0 Å². The molecule has 102 valence electrons. The molecule has 0 bridgehead atoms. The van der Waals surface area contributed by atoms with Gasteiger partial charge in [-0.3, -0.25) is 9.59 Å². The van der Waals surface area contributed by atoms with Crippen LogP contribution in [-0.2, 0) is 14.4 Å². The molecule has 0 aromatic carbocycles. The third-order valence-corrected chi connectivity index (χ3v) is 3.32. The largest absolute Gasteiger partial charge is 0.329 e. The second kappa shape index (κ2) is 7.26. The van der Waals surface area contributed by atoms with Gasteiger partial charge in [-0.1, -0.05) is 13.8 Å². The second-order valence-electron chi connectivity index (χ2n) is 4.62. The molecule has 5 nitrogen and oxygen atoms in total. The fourth-order valence-corrected chi connectivity index (χ4v) is 2.21. The second-order valence-corrected chi connectivity index (χ2v) is 4.62. The summed E-state index contributed by atoms with van der Waals surface area (Å²) in [5, 5.41) is 3.13. The number of ketones is 1. The fraction of sp³-hybridized carbons (Fsp3) is 0.769. The number of nitrogens with zero attached hydrogens (tertiary/aromatic N) is 1. The van der Waals surface area contributed by atoms with Gasteiger partial charge in [0.25, 0.3) is 0 Å². The van der Waals surface area contributed by atoms with Gasteiger partial charge in [0.15, 0.2) is 5.78 Å². The highest BCUT2D eigenvalue weighted by molar-refractivity contribution is 5.95. The van der Waals surface area contributed by atoms with Gasteiger partial charge in [0.1, 0.15) is 12.3 Å². The molecule has 1 aliphatic rings. The molecule has 1 amide bonds. The van der Waals surface area contributed by atoms with Crippen molar-refractivity contribution in [2.24, 2.45) is 5.92 Å². The highest BCUT2D eigenvalue weighted by Crippen LogP contribution is 2.13. The molecule has 1 rings (SSSR count). The smallest absolute Gasteiger partial charge is 0.233 e. The van der Waals surface area contributed by atoms with Gasteiger partial charge < -0.3 is 15.0 Å². The van der Waals surface area contributed by atoms with Crippen LogP contribution < -0.4 is 5.32 Å². The SMILES string of the molecule is CCCC(=O)C1CNCCN1C(=O)C(C=O)CC. The molecular formula is C13H22N2O3. The van der Waals surface area contributed by atoms with E-state index in [4.69, 9.17) is 0 Å². The summed E-state index contributed by atoms with van der Waals surface area (Å²) in [6.07, 6.45) is 2.43. The first kappa shape index (κ1) is 14.8. The molecule has 18 heavy (non-hydrogen) atoms. The van der Waals surface area contributed by atoms with E-state index >= 15 is 0 Å². The summed E-state index contributed by atoms with van der Waals surface area (Å²) < 4.78 is 0. The van der Waals surface area contributed by atoms with Crippen molar-refractivity contribution in [3.8, 4) is 0 Å². The predicted molar refractivity (Wildman–Crippen MR) is 68.1 cm³/mol. The van der Waals surface area contributed by atoms with Gasteiger partial charge >= 0.3 is 0 Å². The van der Waals surface area contributed by atoms with Gasteiger partial charge in [0.2, 0.25) is 5.91 Å². The van der Waals surface area contributed by atoms with Crippen molar-refractivity contribution in [3.63, 3.8) is 0 Å². The summed E-state index contributed by atoms with van der Waals surface area (Å²) in [6.45, 7) is 5.43. The topological polar surface area (TPSA) is 66.5 Å². The van der Waals surface area contributed by atoms with E-state index in [9.17, 15) is 14.4 Å². The van der Waals surface area contributed by atoms with Crippen molar-refractivity contribution >= 4 is 18.0 Å². The van der Waals surface area contributed by atoms with Crippen LogP contribution >= 0.6 is 0 Å². The lowest BCUT2D eigenvalue weighted by Gasteiger charge is -2.36. The van der Waals surface area contributed by atoms with Crippen LogP contribution in [0, 0.1) is 5.92 Å². The zero-order valence-corrected chi connectivity index (χ0v) is 11.1. The molecule has 0 saturated carbocycles. The maximum atomic E-state index is 12.2. The minimum absolute atomic E-state index is 0.0822. The van der Waals surface area contributed by atoms with Crippen LogP contribution in [0.5, 0.6) is 0 Å². The molecule has 0 radical (unpaired) electrons. The van der Waals surface area contributed by atoms with Gasteiger partial charge in [0.05, 0.1) is 5.92 Å². The standard InChI is InChI=1S/C13H22N2O3/c1-3-5-12(17)11-8-14-6-7-15(11)13(18)10(4-2)9-16/h9-11,14H,3-8H2,1-2H3. The molecule has 5 heteroatoms. The molecule has 1 aliphatic heterocycles. The molecule has 0 aromatic heterocycles. The van der Waals surface area contributed by atoms with E-state index in [1.165, 1.54) is 0 Å². The van der Waals surface area contributed by atoms with Gasteiger partial charge in [-0.25, -0.2) is 0 Å². The van der Waals surface area contributed by atoms with Crippen LogP contribution in [0.4, 0.5) is 0 Å². The van der Waals surface area contributed by atoms with Crippen LogP contribution in [0.2, 0.25) is 0 Å². The minimum atomic E-state index is -0.611. The first-order valence-electron chi connectivity index (χ1n) is 6.64. The lowest BCUT2D eigenvalue weighted by atomic mass is 10.0. The number of carbonyl (C=O) groups is 3. The van der Waals surface area contributed by atoms with Crippen molar-refractivity contribution < 1.29 is 14.4 Å². The summed E-state index contributed by atoms with van der Waals surface area (Å²) in [4.78, 5) is 36.6. The molecule has 2 unspecified atom stereocenters. The number of carbonyl (C=O) groups excluding carboxylic acids is 3. The Hall–Kier alpha value is -1.23. The van der Waals surface area contributed by atoms with Crippen molar-refractivity contribution in [1.82, 2.24) is 10.2 Å². The summed E-state index contributed by atoms with van der Waals surface area (Å²) in [5.74, 6) is -0.734. The molecule has 1 saturated heterocycles. The number of aldehydes is 1. The van der Waals surface area contributed by atoms with Crippen molar-refractivity contribution in [2.75, 3.05) is 19.6 Å². The highest BCUT2D eigenvalue weighted by atomic mass is 16.2. The van der Waals surface area contributed by atoms with Gasteiger partial charge in [-0.15, -0.1) is 0 Å². The Morgan fingerprint density at radius 1 is 1.44 bits per heavy atom. The number of nitrogens with one attached hydrogen (secondary N) is 1. The van der Waals surface area contributed by atoms with Crippen LogP contribution in [-0.4, -0.2) is 48.6 Å². The van der Waals surface area contributed by atoms with E-state index in [2.05, 4.69) is 5.32 Å². The van der Waals surface area contributed by atoms with Crippen LogP contribution in [0.1, 0.15) is 33.1 Å². The first-order chi connectivity index (χ1) is 8.65. The zero-order chi connectivity index (χ0) is 13.5. The Balaban J connectivity index is 2.78. The molecule has 0 aromatic rings. The monoisotopic (exact) mass is 254 g/mol. The van der Waals surface area contributed by atoms with E-state index in [1.54, 1.807) is 4.90 Å². The number of Topliss-reactive ketones (excluding diaryl/α,β-unsaturated/α-hetero) is 1. The van der Waals surface area contributed by atoms with E-state index < -0.39 is 12.0 Å². The molecule has 1 heterocycles. The Kier molecular flexibility index (Phi) is 5.98. The first-order valence-corrected chi connectivity index (χ1v) is 6.64. The number of hydrogen-bond acceptors (Lipinski definition) is 4. The number of amides is 1. The average molecular weight is 254 g/mol. The van der Waals surface area contributed by atoms with E-state index in [-0.39, 0.29) is 11.7 Å². The third-order valence-electron chi connectivity index (χ3n) is 3.32. The fourth-order valence-electron chi connectivity index (χ4n) is 2.21. The lowest BCUT2D eigenvalue weighted by molar-refractivity contribution is -0.145. The third kappa shape index (κ3) is 3.38. The van der Waals surface area contributed by atoms with E-state index in [0.717, 1.165) is 6.42 Å². The Bertz CT molecular complexity index is 317. The van der Waals surface area contributed by atoms with Gasteiger partial charge in [-0.05, 0) is 12.8 Å². The zero-order valence-electron chi connectivity index (χ0n) is 11.1. The summed E-state index contributed by atoms with van der Waals surface area (Å²) in [7, 11) is 0. The molecule has 0 aliphatic carbocycles. The average Bonchev–Trinajstić information content (AvgIpc) is 2.40. The van der Waals surface area contributed by atoms with Crippen LogP contribution in [0.3, 0.4) is 0 Å². The highest BCUT2D eigenvalue weighted by Gasteiger charge is 2.33. The minimum Gasteiger partial charge on any atom is -0.329 e. The number of piperazine rings is 1. The predicted octanol–water partition coefficient (Wildman–Crippen LogP) is 0.381. The van der Waals surface area contributed by atoms with E-state index in [0.29, 0.717) is 38.8 Å². The van der Waals surface area contributed by atoms with Crippen LogP contribution in [0.15, 0.2) is 0 Å². The Labute approximate surface area is 108 Å². The van der Waals surface area contributed by atoms with Crippen LogP contribution in [0.25, 0.3) is 0 Å². The number of rotatable bonds is 6. The van der Waals surface area contributed by atoms with Crippen molar-refractivity contribution in [3.05, 3.63) is 0 Å². The molecule has 0 spiro atoms. The molecule has 1 N–H and O–H groups in total. The number of hydrogen-bond donors (Lipinski definition) is 1. The Morgan fingerprint density at radius 3 is 2.72 bits per heavy atom. The molecule has 1 fully saturated rings. The van der Waals surface area contributed by atoms with Gasteiger partial charge in [0, 0.05) is 26.1 Å². The molecular weight excluding hydrogens is 232 g/mol. The summed E-state index contributed by atoms with van der Waals surface area (Å²) >= 11 is 0.